The molecule has 0 bridgehead atoms. The molecule has 0 fully saturated rings. The summed E-state index contributed by atoms with van der Waals surface area (Å²) in [6.07, 6.45) is 0.915. The van der Waals surface area contributed by atoms with Crippen LogP contribution in [0.5, 0.6) is 0 Å². The van der Waals surface area contributed by atoms with Gasteiger partial charge in [-0.1, -0.05) is 13.8 Å². The second kappa shape index (κ2) is 2.94. The lowest BCUT2D eigenvalue weighted by molar-refractivity contribution is 0.485. The second-order valence-corrected chi connectivity index (χ2v) is 4.08. The molecule has 1 aromatic rings. The summed E-state index contributed by atoms with van der Waals surface area (Å²) >= 11 is 0. The molecule has 0 spiro atoms. The zero-order chi connectivity index (χ0) is 10.3. The van der Waals surface area contributed by atoms with E-state index in [0.29, 0.717) is 0 Å². The third kappa shape index (κ3) is 1.19. The molecule has 1 aliphatic rings. The maximum absolute atomic E-state index is 13.1. The molecular formula is C11H13F2N. The summed E-state index contributed by atoms with van der Waals surface area (Å²) < 4.78 is 26.0. The fourth-order valence-electron chi connectivity index (χ4n) is 1.89. The minimum Gasteiger partial charge on any atom is -0.384 e. The molecule has 0 saturated carbocycles. The summed E-state index contributed by atoms with van der Waals surface area (Å²) in [6, 6.07) is 2.56. The summed E-state index contributed by atoms with van der Waals surface area (Å²) in [7, 11) is 0. The van der Waals surface area contributed by atoms with Gasteiger partial charge in [-0.25, -0.2) is 8.78 Å². The number of anilines is 1. The van der Waals surface area contributed by atoms with Crippen LogP contribution in [0.3, 0.4) is 0 Å². The lowest BCUT2D eigenvalue weighted by atomic mass is 9.82. The molecule has 1 atom stereocenters. The minimum absolute atomic E-state index is 0.0656. The Morgan fingerprint density at radius 3 is 2.64 bits per heavy atom. The summed E-state index contributed by atoms with van der Waals surface area (Å²) in [6.45, 7) is 4.86. The van der Waals surface area contributed by atoms with Crippen LogP contribution in [0.15, 0.2) is 12.1 Å². The van der Waals surface area contributed by atoms with Gasteiger partial charge in [-0.2, -0.15) is 0 Å². The van der Waals surface area contributed by atoms with Crippen molar-refractivity contribution in [3.8, 4) is 0 Å². The van der Waals surface area contributed by atoms with E-state index in [-0.39, 0.29) is 5.41 Å². The lowest BCUT2D eigenvalue weighted by Gasteiger charge is -2.21. The number of fused-ring (bicyclic) bond motifs is 1. The van der Waals surface area contributed by atoms with E-state index in [1.165, 1.54) is 12.1 Å². The van der Waals surface area contributed by atoms with Crippen LogP contribution in [0.4, 0.5) is 14.5 Å². The molecule has 1 unspecified atom stereocenters. The number of benzene rings is 1. The third-order valence-electron chi connectivity index (χ3n) is 3.16. The average molecular weight is 197 g/mol. The maximum atomic E-state index is 13.1. The van der Waals surface area contributed by atoms with Crippen LogP contribution in [0, 0.1) is 11.6 Å². The first-order chi connectivity index (χ1) is 6.57. The van der Waals surface area contributed by atoms with Crippen molar-refractivity contribution in [2.24, 2.45) is 0 Å². The monoisotopic (exact) mass is 197 g/mol. The van der Waals surface area contributed by atoms with Gasteiger partial charge in [0.05, 0.1) is 0 Å². The van der Waals surface area contributed by atoms with Gasteiger partial charge in [-0.3, -0.25) is 0 Å². The van der Waals surface area contributed by atoms with Crippen LogP contribution < -0.4 is 5.32 Å². The van der Waals surface area contributed by atoms with E-state index in [2.05, 4.69) is 19.2 Å². The van der Waals surface area contributed by atoms with Crippen LogP contribution in [-0.2, 0) is 5.41 Å². The fraction of sp³-hybridized carbons (Fsp3) is 0.455. The van der Waals surface area contributed by atoms with Gasteiger partial charge in [-0.05, 0) is 18.1 Å². The van der Waals surface area contributed by atoms with Gasteiger partial charge in [0.15, 0.2) is 11.6 Å². The largest absolute Gasteiger partial charge is 0.384 e. The first-order valence-electron chi connectivity index (χ1n) is 4.80. The highest BCUT2D eigenvalue weighted by molar-refractivity contribution is 5.60. The Morgan fingerprint density at radius 1 is 1.36 bits per heavy atom. The Kier molecular flexibility index (Phi) is 1.98. The van der Waals surface area contributed by atoms with Gasteiger partial charge in [0.2, 0.25) is 0 Å². The Bertz CT molecular complexity index is 376. The van der Waals surface area contributed by atoms with E-state index >= 15 is 0 Å². The van der Waals surface area contributed by atoms with Gasteiger partial charge >= 0.3 is 0 Å². The predicted molar refractivity (Wildman–Crippen MR) is 52.5 cm³/mol. The number of halogens is 2. The molecule has 1 aliphatic heterocycles. The number of hydrogen-bond acceptors (Lipinski definition) is 1. The summed E-state index contributed by atoms with van der Waals surface area (Å²) in [4.78, 5) is 0. The number of hydrogen-bond donors (Lipinski definition) is 1. The molecule has 0 amide bonds. The quantitative estimate of drug-likeness (QED) is 0.729. The first kappa shape index (κ1) is 9.44. The van der Waals surface area contributed by atoms with Crippen molar-refractivity contribution in [2.75, 3.05) is 11.9 Å². The topological polar surface area (TPSA) is 12.0 Å². The molecule has 0 saturated heterocycles. The Balaban J connectivity index is 2.56. The summed E-state index contributed by atoms with van der Waals surface area (Å²) in [5.41, 5.74) is 1.55. The second-order valence-electron chi connectivity index (χ2n) is 4.08. The van der Waals surface area contributed by atoms with Gasteiger partial charge in [-0.15, -0.1) is 0 Å². The van der Waals surface area contributed by atoms with Crippen molar-refractivity contribution in [3.05, 3.63) is 29.3 Å². The van der Waals surface area contributed by atoms with Crippen molar-refractivity contribution in [2.45, 2.75) is 25.7 Å². The Hall–Kier alpha value is -1.12. The van der Waals surface area contributed by atoms with E-state index in [0.717, 1.165) is 24.2 Å². The van der Waals surface area contributed by atoms with Crippen LogP contribution >= 0.6 is 0 Å². The molecule has 76 valence electrons. The molecule has 1 heterocycles. The molecule has 3 heteroatoms. The van der Waals surface area contributed by atoms with Crippen LogP contribution in [-0.4, -0.2) is 6.54 Å². The molecule has 2 rings (SSSR count). The van der Waals surface area contributed by atoms with E-state index in [1.54, 1.807) is 0 Å². The fourth-order valence-corrected chi connectivity index (χ4v) is 1.89. The maximum Gasteiger partial charge on any atom is 0.160 e. The summed E-state index contributed by atoms with van der Waals surface area (Å²) in [5.74, 6) is -1.54. The van der Waals surface area contributed by atoms with Gasteiger partial charge in [0, 0.05) is 23.7 Å². The third-order valence-corrected chi connectivity index (χ3v) is 3.16. The van der Waals surface area contributed by atoms with Crippen LogP contribution in [0.1, 0.15) is 25.8 Å². The lowest BCUT2D eigenvalue weighted by Crippen LogP contribution is -2.22. The summed E-state index contributed by atoms with van der Waals surface area (Å²) in [5, 5.41) is 3.10. The highest BCUT2D eigenvalue weighted by atomic mass is 19.2. The van der Waals surface area contributed by atoms with Crippen molar-refractivity contribution < 1.29 is 8.78 Å². The zero-order valence-corrected chi connectivity index (χ0v) is 8.32. The van der Waals surface area contributed by atoms with E-state index in [4.69, 9.17) is 0 Å². The standard InChI is InChI=1S/C11H13F2N/c1-3-11(2)6-14-10-5-9(13)8(12)4-7(10)11/h4-5,14H,3,6H2,1-2H3. The van der Waals surface area contributed by atoms with Crippen molar-refractivity contribution in [3.63, 3.8) is 0 Å². The molecule has 0 aromatic heterocycles. The highest BCUT2D eigenvalue weighted by Crippen LogP contribution is 2.39. The van der Waals surface area contributed by atoms with Gasteiger partial charge < -0.3 is 5.32 Å². The molecule has 14 heavy (non-hydrogen) atoms. The molecule has 1 aromatic carbocycles. The van der Waals surface area contributed by atoms with Gasteiger partial charge in [0.1, 0.15) is 0 Å². The first-order valence-corrected chi connectivity index (χ1v) is 4.80. The molecule has 0 aliphatic carbocycles. The number of rotatable bonds is 1. The minimum atomic E-state index is -0.781. The molecule has 1 nitrogen and oxygen atoms in total. The van der Waals surface area contributed by atoms with Crippen molar-refractivity contribution in [1.82, 2.24) is 0 Å². The molecule has 0 radical (unpaired) electrons. The number of nitrogens with one attached hydrogen (secondary N) is 1. The van der Waals surface area contributed by atoms with Crippen LogP contribution in [0.25, 0.3) is 0 Å². The average Bonchev–Trinajstić information content (AvgIpc) is 2.47. The van der Waals surface area contributed by atoms with Crippen molar-refractivity contribution >= 4 is 5.69 Å². The molecule has 1 N–H and O–H groups in total. The van der Waals surface area contributed by atoms with Crippen molar-refractivity contribution in [1.29, 1.82) is 0 Å². The van der Waals surface area contributed by atoms with E-state index in [1.807, 2.05) is 0 Å². The van der Waals surface area contributed by atoms with Crippen LogP contribution in [0.2, 0.25) is 0 Å². The Morgan fingerprint density at radius 2 is 2.00 bits per heavy atom. The zero-order valence-electron chi connectivity index (χ0n) is 8.32. The molecular weight excluding hydrogens is 184 g/mol. The smallest absolute Gasteiger partial charge is 0.160 e. The van der Waals surface area contributed by atoms with Gasteiger partial charge in [0.25, 0.3) is 0 Å². The normalized spacial score (nSPS) is 24.6. The SMILES string of the molecule is CCC1(C)CNc2cc(F)c(F)cc21. The predicted octanol–water partition coefficient (Wildman–Crippen LogP) is 3.06. The highest BCUT2D eigenvalue weighted by Gasteiger charge is 2.33. The van der Waals surface area contributed by atoms with E-state index in [9.17, 15) is 8.78 Å². The Labute approximate surface area is 82.1 Å². The van der Waals surface area contributed by atoms with E-state index < -0.39 is 11.6 Å².